The van der Waals surface area contributed by atoms with Crippen molar-refractivity contribution in [3.63, 3.8) is 0 Å². The topological polar surface area (TPSA) is 29.5 Å². The summed E-state index contributed by atoms with van der Waals surface area (Å²) >= 11 is 0. The van der Waals surface area contributed by atoms with Crippen LogP contribution in [0.3, 0.4) is 0 Å². The number of halogens is 1. The fourth-order valence-corrected chi connectivity index (χ4v) is 3.52. The highest BCUT2D eigenvalue weighted by atomic mass is 19.1. The van der Waals surface area contributed by atoms with E-state index in [1.165, 1.54) is 7.11 Å². The van der Waals surface area contributed by atoms with Gasteiger partial charge in [-0.25, -0.2) is 4.39 Å². The molecule has 2 aliphatic rings. The van der Waals surface area contributed by atoms with Crippen molar-refractivity contribution < 1.29 is 13.9 Å². The van der Waals surface area contributed by atoms with Gasteiger partial charge in [0.15, 0.2) is 0 Å². The number of hydrogen-bond acceptors (Lipinski definition) is 3. The van der Waals surface area contributed by atoms with Crippen LogP contribution in [0.5, 0.6) is 0 Å². The molecule has 0 aromatic heterocycles. The summed E-state index contributed by atoms with van der Waals surface area (Å²) in [6, 6.07) is 9.75. The third kappa shape index (κ3) is 2.14. The van der Waals surface area contributed by atoms with E-state index in [2.05, 4.69) is 4.90 Å². The molecule has 0 radical (unpaired) electrons. The van der Waals surface area contributed by atoms with E-state index in [0.717, 1.165) is 12.0 Å². The maximum Gasteiger partial charge on any atom is 0.323 e. The molecule has 0 unspecified atom stereocenters. The average Bonchev–Trinajstić information content (AvgIpc) is 2.96. The minimum atomic E-state index is -0.860. The van der Waals surface area contributed by atoms with Gasteiger partial charge < -0.3 is 4.74 Å². The van der Waals surface area contributed by atoms with Crippen molar-refractivity contribution in [3.8, 4) is 0 Å². The molecule has 1 aromatic carbocycles. The van der Waals surface area contributed by atoms with Crippen molar-refractivity contribution in [2.45, 2.75) is 37.6 Å². The first-order chi connectivity index (χ1) is 9.20. The molecule has 0 spiro atoms. The summed E-state index contributed by atoms with van der Waals surface area (Å²) < 4.78 is 18.7. The van der Waals surface area contributed by atoms with E-state index in [1.54, 1.807) is 0 Å². The van der Waals surface area contributed by atoms with Gasteiger partial charge in [-0.05, 0) is 18.4 Å². The van der Waals surface area contributed by atoms with Gasteiger partial charge in [-0.3, -0.25) is 9.69 Å². The number of carbonyl (C=O) groups is 1. The molecule has 3 rings (SSSR count). The summed E-state index contributed by atoms with van der Waals surface area (Å²) in [6.45, 7) is 0.689. The van der Waals surface area contributed by atoms with Crippen LogP contribution in [0, 0.1) is 5.92 Å². The molecule has 19 heavy (non-hydrogen) atoms. The Morgan fingerprint density at radius 1 is 1.37 bits per heavy atom. The van der Waals surface area contributed by atoms with Crippen LogP contribution in [0.25, 0.3) is 0 Å². The lowest BCUT2D eigenvalue weighted by Gasteiger charge is -2.34. The number of alkyl halides is 1. The molecule has 1 aliphatic heterocycles. The largest absolute Gasteiger partial charge is 0.468 e. The van der Waals surface area contributed by atoms with Gasteiger partial charge in [0.25, 0.3) is 0 Å². The van der Waals surface area contributed by atoms with Crippen molar-refractivity contribution in [3.05, 3.63) is 35.9 Å². The Hall–Kier alpha value is -1.42. The fourth-order valence-electron chi connectivity index (χ4n) is 3.52. The number of hydrogen-bond donors (Lipinski definition) is 0. The van der Waals surface area contributed by atoms with Crippen molar-refractivity contribution >= 4 is 5.97 Å². The van der Waals surface area contributed by atoms with E-state index < -0.39 is 12.2 Å². The van der Waals surface area contributed by atoms with Gasteiger partial charge >= 0.3 is 5.97 Å². The number of piperidine rings is 1. The van der Waals surface area contributed by atoms with Crippen LogP contribution in [0.4, 0.5) is 4.39 Å². The number of benzene rings is 1. The van der Waals surface area contributed by atoms with Crippen LogP contribution in [0.1, 0.15) is 18.4 Å². The van der Waals surface area contributed by atoms with Crippen LogP contribution in [-0.2, 0) is 16.1 Å². The molecule has 2 fully saturated rings. The highest BCUT2D eigenvalue weighted by molar-refractivity contribution is 5.77. The molecule has 1 aliphatic carbocycles. The monoisotopic (exact) mass is 263 g/mol. The quantitative estimate of drug-likeness (QED) is 0.783. The number of fused-ring (bicyclic) bond motifs is 2. The third-order valence-corrected chi connectivity index (χ3v) is 4.39. The molecule has 3 nitrogen and oxygen atoms in total. The fraction of sp³-hybridized carbons (Fsp3) is 0.533. The highest BCUT2D eigenvalue weighted by Crippen LogP contribution is 2.45. The van der Waals surface area contributed by atoms with Gasteiger partial charge in [0.05, 0.1) is 7.11 Å². The zero-order valence-corrected chi connectivity index (χ0v) is 11.0. The second-order valence-electron chi connectivity index (χ2n) is 5.43. The molecule has 1 heterocycles. The summed E-state index contributed by atoms with van der Waals surface area (Å²) in [7, 11) is 1.38. The highest BCUT2D eigenvalue weighted by Gasteiger charge is 2.54. The Morgan fingerprint density at radius 3 is 2.79 bits per heavy atom. The second-order valence-corrected chi connectivity index (χ2v) is 5.43. The summed E-state index contributed by atoms with van der Waals surface area (Å²) in [5.74, 6) is -0.494. The molecule has 0 N–H and O–H groups in total. The molecule has 102 valence electrons. The maximum absolute atomic E-state index is 13.8. The third-order valence-electron chi connectivity index (χ3n) is 4.39. The smallest absolute Gasteiger partial charge is 0.323 e. The van der Waals surface area contributed by atoms with Gasteiger partial charge in [0, 0.05) is 18.5 Å². The van der Waals surface area contributed by atoms with E-state index in [1.807, 2.05) is 30.3 Å². The standard InChI is InChI=1S/C15H18FNO2/c1-19-15(18)14-12-7-11(8-13(12)16)17(14)9-10-5-3-2-4-6-10/h2-6,11-14H,7-9H2,1H3/t11-,12-,13+,14+/m1/s1. The summed E-state index contributed by atoms with van der Waals surface area (Å²) in [5, 5.41) is 0. The Morgan fingerprint density at radius 2 is 2.11 bits per heavy atom. The van der Waals surface area contributed by atoms with Crippen molar-refractivity contribution in [2.24, 2.45) is 5.92 Å². The number of esters is 1. The van der Waals surface area contributed by atoms with E-state index in [9.17, 15) is 9.18 Å². The van der Waals surface area contributed by atoms with Crippen molar-refractivity contribution in [1.82, 2.24) is 4.90 Å². The summed E-state index contributed by atoms with van der Waals surface area (Å²) in [6.07, 6.45) is 0.458. The number of methoxy groups -OCH3 is 1. The van der Waals surface area contributed by atoms with E-state index >= 15 is 0 Å². The first-order valence-corrected chi connectivity index (χ1v) is 6.72. The van der Waals surface area contributed by atoms with Gasteiger partial charge in [-0.2, -0.15) is 0 Å². The zero-order valence-electron chi connectivity index (χ0n) is 11.0. The number of likely N-dealkylation sites (tertiary alicyclic amines) is 1. The normalized spacial score (nSPS) is 33.6. The van der Waals surface area contributed by atoms with Gasteiger partial charge in [-0.15, -0.1) is 0 Å². The van der Waals surface area contributed by atoms with E-state index in [-0.39, 0.29) is 17.9 Å². The molecule has 2 bridgehead atoms. The lowest BCUT2D eigenvalue weighted by molar-refractivity contribution is -0.150. The molecule has 1 saturated heterocycles. The van der Waals surface area contributed by atoms with Crippen LogP contribution in [-0.4, -0.2) is 36.2 Å². The SMILES string of the molecule is COC(=O)[C@@H]1[C@@H]2C[C@H](C[C@@H]2F)N1Cc1ccccc1. The number of carbonyl (C=O) groups excluding carboxylic acids is 1. The Bertz CT molecular complexity index is 464. The van der Waals surface area contributed by atoms with E-state index in [0.29, 0.717) is 13.0 Å². The first kappa shape index (κ1) is 12.6. The number of nitrogens with zero attached hydrogens (tertiary/aromatic N) is 1. The zero-order chi connectivity index (χ0) is 13.4. The van der Waals surface area contributed by atoms with Crippen LogP contribution >= 0.6 is 0 Å². The summed E-state index contributed by atoms with van der Waals surface area (Å²) in [5.41, 5.74) is 1.15. The molecule has 4 heteroatoms. The molecule has 1 aromatic rings. The van der Waals surface area contributed by atoms with Crippen LogP contribution in [0.15, 0.2) is 30.3 Å². The second kappa shape index (κ2) is 4.93. The van der Waals surface area contributed by atoms with E-state index in [4.69, 9.17) is 4.74 Å². The van der Waals surface area contributed by atoms with Crippen LogP contribution in [0.2, 0.25) is 0 Å². The van der Waals surface area contributed by atoms with Gasteiger partial charge in [0.1, 0.15) is 12.2 Å². The minimum absolute atomic E-state index is 0.171. The Kier molecular flexibility index (Phi) is 3.27. The molecule has 4 atom stereocenters. The molecular weight excluding hydrogens is 245 g/mol. The predicted molar refractivity (Wildman–Crippen MR) is 69.2 cm³/mol. The Balaban J connectivity index is 1.81. The summed E-state index contributed by atoms with van der Waals surface area (Å²) in [4.78, 5) is 14.0. The van der Waals surface area contributed by atoms with Crippen molar-refractivity contribution in [2.75, 3.05) is 7.11 Å². The maximum atomic E-state index is 13.8. The molecule has 1 saturated carbocycles. The first-order valence-electron chi connectivity index (χ1n) is 6.72. The number of rotatable bonds is 3. The Labute approximate surface area is 112 Å². The minimum Gasteiger partial charge on any atom is -0.468 e. The lowest BCUT2D eigenvalue weighted by Crippen LogP contribution is -2.49. The van der Waals surface area contributed by atoms with Gasteiger partial charge in [-0.1, -0.05) is 30.3 Å². The van der Waals surface area contributed by atoms with Gasteiger partial charge in [0.2, 0.25) is 0 Å². The van der Waals surface area contributed by atoms with Crippen molar-refractivity contribution in [1.29, 1.82) is 0 Å². The average molecular weight is 263 g/mol. The number of ether oxygens (including phenoxy) is 1. The molecule has 0 amide bonds. The molecular formula is C15H18FNO2. The predicted octanol–water partition coefficient (Wildman–Crippen LogP) is 2.16. The lowest BCUT2D eigenvalue weighted by atomic mass is 9.96. The van der Waals surface area contributed by atoms with Crippen LogP contribution < -0.4 is 0 Å².